The molecule has 0 spiro atoms. The van der Waals surface area contributed by atoms with Crippen molar-refractivity contribution in [3.8, 4) is 11.1 Å². The maximum atomic E-state index is 12.9. The van der Waals surface area contributed by atoms with Crippen molar-refractivity contribution in [1.82, 2.24) is 15.2 Å². The molecule has 0 radical (unpaired) electrons. The van der Waals surface area contributed by atoms with Crippen LogP contribution in [-0.2, 0) is 6.18 Å². The van der Waals surface area contributed by atoms with Crippen LogP contribution in [0.5, 0.6) is 0 Å². The number of H-pyrrole nitrogens is 1. The number of fused-ring (bicyclic) bond motifs is 1. The van der Waals surface area contributed by atoms with E-state index in [-0.39, 0.29) is 5.69 Å². The Labute approximate surface area is 174 Å². The van der Waals surface area contributed by atoms with Crippen molar-refractivity contribution < 1.29 is 18.0 Å². The van der Waals surface area contributed by atoms with E-state index in [4.69, 9.17) is 5.73 Å². The number of nitrogens with zero attached hydrogens (tertiary/aromatic N) is 2. The van der Waals surface area contributed by atoms with Crippen molar-refractivity contribution in [2.45, 2.75) is 13.1 Å². The Balaban J connectivity index is 1.51. The lowest BCUT2D eigenvalue weighted by Gasteiger charge is -2.13. The van der Waals surface area contributed by atoms with Crippen molar-refractivity contribution in [3.05, 3.63) is 65.9 Å². The number of urea groups is 1. The Morgan fingerprint density at radius 3 is 2.52 bits per heavy atom. The Hall–Kier alpha value is -4.08. The molecule has 158 valence electrons. The largest absolute Gasteiger partial charge is 0.416 e. The first-order chi connectivity index (χ1) is 14.7. The fraction of sp³-hybridized carbons (Fsp3) is 0.0952. The minimum atomic E-state index is -4.49. The Kier molecular flexibility index (Phi) is 4.97. The third kappa shape index (κ3) is 4.13. The van der Waals surface area contributed by atoms with Crippen LogP contribution in [0.3, 0.4) is 0 Å². The van der Waals surface area contributed by atoms with Gasteiger partial charge >= 0.3 is 12.2 Å². The molecule has 31 heavy (non-hydrogen) atoms. The van der Waals surface area contributed by atoms with E-state index in [1.54, 1.807) is 43.5 Å². The van der Waals surface area contributed by atoms with Gasteiger partial charge in [0.2, 0.25) is 0 Å². The van der Waals surface area contributed by atoms with Crippen LogP contribution in [0.1, 0.15) is 11.1 Å². The number of aromatic nitrogens is 3. The fourth-order valence-electron chi connectivity index (χ4n) is 3.16. The summed E-state index contributed by atoms with van der Waals surface area (Å²) in [5.41, 5.74) is 8.32. The number of nitrogens with two attached hydrogens (primary N) is 1. The lowest BCUT2D eigenvalue weighted by Crippen LogP contribution is -2.20. The molecule has 0 bridgehead atoms. The summed E-state index contributed by atoms with van der Waals surface area (Å²) < 4.78 is 38.8. The van der Waals surface area contributed by atoms with Crippen LogP contribution in [0.15, 0.2) is 54.7 Å². The molecule has 2 aromatic carbocycles. The minimum Gasteiger partial charge on any atom is -0.383 e. The van der Waals surface area contributed by atoms with Crippen LogP contribution in [0.25, 0.3) is 22.2 Å². The van der Waals surface area contributed by atoms with E-state index in [0.29, 0.717) is 28.1 Å². The summed E-state index contributed by atoms with van der Waals surface area (Å²) in [5, 5.41) is 12.5. The number of nitrogen functional groups attached to an aromatic ring is 1. The molecule has 0 fully saturated rings. The molecule has 0 unspecified atom stereocenters. The fourth-order valence-corrected chi connectivity index (χ4v) is 3.16. The Morgan fingerprint density at radius 2 is 1.81 bits per heavy atom. The average Bonchev–Trinajstić information content (AvgIpc) is 3.10. The highest BCUT2D eigenvalue weighted by atomic mass is 19.4. The summed E-state index contributed by atoms with van der Waals surface area (Å²) in [5.74, 6) is 0.399. The predicted octanol–water partition coefficient (Wildman–Crippen LogP) is 5.18. The third-order valence-corrected chi connectivity index (χ3v) is 4.75. The van der Waals surface area contributed by atoms with Crippen LogP contribution in [-0.4, -0.2) is 21.2 Å². The average molecular weight is 426 g/mol. The van der Waals surface area contributed by atoms with E-state index in [1.165, 1.54) is 6.07 Å². The number of anilines is 3. The zero-order chi connectivity index (χ0) is 22.2. The number of hydrogen-bond acceptors (Lipinski definition) is 4. The number of benzene rings is 2. The van der Waals surface area contributed by atoms with E-state index in [2.05, 4.69) is 25.8 Å². The number of aryl methyl sites for hydroxylation is 1. The second kappa shape index (κ2) is 7.63. The summed E-state index contributed by atoms with van der Waals surface area (Å²) in [6, 6.07) is 11.3. The van der Waals surface area contributed by atoms with Gasteiger partial charge in [0.25, 0.3) is 0 Å². The summed E-state index contributed by atoms with van der Waals surface area (Å²) in [6.07, 6.45) is -2.87. The first kappa shape index (κ1) is 20.2. The molecule has 5 N–H and O–H groups in total. The van der Waals surface area contributed by atoms with Crippen LogP contribution in [0.4, 0.5) is 35.2 Å². The van der Waals surface area contributed by atoms with Crippen molar-refractivity contribution in [2.24, 2.45) is 0 Å². The van der Waals surface area contributed by atoms with Gasteiger partial charge in [0.15, 0.2) is 5.65 Å². The number of alkyl halides is 3. The third-order valence-electron chi connectivity index (χ3n) is 4.75. The number of nitrogens with one attached hydrogen (secondary N) is 3. The van der Waals surface area contributed by atoms with E-state index >= 15 is 0 Å². The van der Waals surface area contributed by atoms with Crippen LogP contribution < -0.4 is 16.4 Å². The molecule has 0 aliphatic rings. The van der Waals surface area contributed by atoms with Crippen LogP contribution >= 0.6 is 0 Å². The molecule has 0 aliphatic heterocycles. The van der Waals surface area contributed by atoms with Crippen molar-refractivity contribution in [2.75, 3.05) is 16.4 Å². The summed E-state index contributed by atoms with van der Waals surface area (Å²) >= 11 is 0. The zero-order valence-electron chi connectivity index (χ0n) is 16.2. The highest BCUT2D eigenvalue weighted by Gasteiger charge is 2.30. The number of pyridine rings is 1. The van der Waals surface area contributed by atoms with Gasteiger partial charge in [-0.25, -0.2) is 9.78 Å². The lowest BCUT2D eigenvalue weighted by molar-refractivity contribution is -0.137. The first-order valence-electron chi connectivity index (χ1n) is 9.17. The molecule has 0 saturated heterocycles. The summed E-state index contributed by atoms with van der Waals surface area (Å²) in [7, 11) is 0. The van der Waals surface area contributed by atoms with Crippen LogP contribution in [0, 0.1) is 6.92 Å². The lowest BCUT2D eigenvalue weighted by atomic mass is 10.0. The Bertz CT molecular complexity index is 1260. The van der Waals surface area contributed by atoms with E-state index in [0.717, 1.165) is 23.3 Å². The number of aromatic amines is 1. The maximum absolute atomic E-state index is 12.9. The number of halogens is 3. The molecule has 4 rings (SSSR count). The number of hydrogen-bond donors (Lipinski definition) is 4. The molecular formula is C21H17F3N6O. The highest BCUT2D eigenvalue weighted by molar-refractivity contribution is 6.01. The molecule has 2 amide bonds. The molecule has 2 heterocycles. The second-order valence-electron chi connectivity index (χ2n) is 6.88. The van der Waals surface area contributed by atoms with Gasteiger partial charge in [0, 0.05) is 17.6 Å². The van der Waals surface area contributed by atoms with Crippen LogP contribution in [0.2, 0.25) is 0 Å². The van der Waals surface area contributed by atoms with Gasteiger partial charge in [0.05, 0.1) is 10.9 Å². The van der Waals surface area contributed by atoms with E-state index < -0.39 is 17.8 Å². The molecule has 2 aromatic heterocycles. The highest BCUT2D eigenvalue weighted by Crippen LogP contribution is 2.33. The monoisotopic (exact) mass is 426 g/mol. The minimum absolute atomic E-state index is 0.0820. The SMILES string of the molecule is Cc1ccc(C(F)(F)F)cc1NC(=O)Nc1ccc(-c2ccnc3n[nH]c(N)c23)cc1. The van der Waals surface area contributed by atoms with Gasteiger partial charge in [-0.15, -0.1) is 0 Å². The van der Waals surface area contributed by atoms with E-state index in [9.17, 15) is 18.0 Å². The summed E-state index contributed by atoms with van der Waals surface area (Å²) in [4.78, 5) is 16.4. The second-order valence-corrected chi connectivity index (χ2v) is 6.88. The number of carbonyl (C=O) groups is 1. The zero-order valence-corrected chi connectivity index (χ0v) is 16.2. The number of carbonyl (C=O) groups excluding carboxylic acids is 1. The van der Waals surface area contributed by atoms with E-state index in [1.807, 2.05) is 0 Å². The van der Waals surface area contributed by atoms with Gasteiger partial charge in [0.1, 0.15) is 5.82 Å². The topological polar surface area (TPSA) is 109 Å². The molecule has 4 aromatic rings. The van der Waals surface area contributed by atoms with Crippen molar-refractivity contribution >= 4 is 34.3 Å². The molecular weight excluding hydrogens is 409 g/mol. The molecule has 0 aliphatic carbocycles. The van der Waals surface area contributed by atoms with Crippen molar-refractivity contribution in [1.29, 1.82) is 0 Å². The molecule has 7 nitrogen and oxygen atoms in total. The molecule has 0 saturated carbocycles. The van der Waals surface area contributed by atoms with Crippen molar-refractivity contribution in [3.63, 3.8) is 0 Å². The van der Waals surface area contributed by atoms with Gasteiger partial charge in [-0.05, 0) is 53.9 Å². The number of rotatable bonds is 3. The summed E-state index contributed by atoms with van der Waals surface area (Å²) in [6.45, 7) is 1.61. The van der Waals surface area contributed by atoms with Gasteiger partial charge in [-0.2, -0.15) is 18.3 Å². The molecule has 0 atom stereocenters. The molecule has 10 heteroatoms. The normalized spacial score (nSPS) is 11.5. The predicted molar refractivity (Wildman–Crippen MR) is 113 cm³/mol. The maximum Gasteiger partial charge on any atom is 0.416 e. The Morgan fingerprint density at radius 1 is 1.06 bits per heavy atom. The first-order valence-corrected chi connectivity index (χ1v) is 9.17. The van der Waals surface area contributed by atoms with Gasteiger partial charge in [-0.3, -0.25) is 5.10 Å². The standard InChI is InChI=1S/C21H17F3N6O/c1-11-2-5-13(21(22,23)24)10-16(11)28-20(31)27-14-6-3-12(4-7-14)15-8-9-26-19-17(15)18(25)29-30-19/h2-10H,1H3,(H2,27,28,31)(H3,25,26,29,30). The quantitative estimate of drug-likeness (QED) is 0.362. The van der Waals surface area contributed by atoms with Gasteiger partial charge in [-0.1, -0.05) is 18.2 Å². The number of amides is 2. The van der Waals surface area contributed by atoms with Gasteiger partial charge < -0.3 is 16.4 Å². The smallest absolute Gasteiger partial charge is 0.383 e.